The van der Waals surface area contributed by atoms with Crippen LogP contribution in [0.25, 0.3) is 56.0 Å². The van der Waals surface area contributed by atoms with Crippen molar-refractivity contribution < 1.29 is 9.50 Å². The highest BCUT2D eigenvalue weighted by Gasteiger charge is 2.18. The molecule has 0 aliphatic carbocycles. The summed E-state index contributed by atoms with van der Waals surface area (Å²) in [5, 5.41) is 21.2. The lowest BCUT2D eigenvalue weighted by Gasteiger charge is -2.12. The van der Waals surface area contributed by atoms with Crippen LogP contribution in [0.5, 0.6) is 5.75 Å². The molecule has 6 aromatic rings. The van der Waals surface area contributed by atoms with Gasteiger partial charge in [-0.3, -0.25) is 15.1 Å². The summed E-state index contributed by atoms with van der Waals surface area (Å²) in [4.78, 5) is 23.2. The predicted molar refractivity (Wildman–Crippen MR) is 144 cm³/mol. The summed E-state index contributed by atoms with van der Waals surface area (Å²) in [5.41, 5.74) is 5.87. The first-order chi connectivity index (χ1) is 18.4. The minimum Gasteiger partial charge on any atom is -0.506 e. The Hall–Kier alpha value is -4.90. The monoisotopic (exact) mass is 509 g/mol. The molecule has 5 aromatic heterocycles. The van der Waals surface area contributed by atoms with E-state index in [-0.39, 0.29) is 11.6 Å². The number of nitrogens with zero attached hydrogens (tertiary/aromatic N) is 6. The fourth-order valence-electron chi connectivity index (χ4n) is 4.34. The van der Waals surface area contributed by atoms with Gasteiger partial charge in [0.1, 0.15) is 22.8 Å². The van der Waals surface area contributed by atoms with Crippen LogP contribution in [-0.2, 0) is 0 Å². The Labute approximate surface area is 216 Å². The van der Waals surface area contributed by atoms with E-state index in [1.165, 1.54) is 18.3 Å². The molecule has 11 heteroatoms. The number of nitrogens with one attached hydrogen (secondary N) is 3. The van der Waals surface area contributed by atoms with E-state index in [0.717, 1.165) is 28.6 Å². The number of rotatable bonds is 7. The summed E-state index contributed by atoms with van der Waals surface area (Å²) in [6, 6.07) is 10.2. The predicted octanol–water partition coefficient (Wildman–Crippen LogP) is 4.44. The summed E-state index contributed by atoms with van der Waals surface area (Å²) in [6.45, 7) is 1.50. The van der Waals surface area contributed by atoms with Crippen molar-refractivity contribution in [3.8, 4) is 39.7 Å². The van der Waals surface area contributed by atoms with Gasteiger partial charge in [0, 0.05) is 54.1 Å². The molecule has 0 atom stereocenters. The van der Waals surface area contributed by atoms with Crippen LogP contribution in [0.1, 0.15) is 0 Å². The summed E-state index contributed by atoms with van der Waals surface area (Å²) < 4.78 is 14.6. The van der Waals surface area contributed by atoms with Gasteiger partial charge in [0.25, 0.3) is 0 Å². The second-order valence-corrected chi connectivity index (χ2v) is 9.22. The van der Waals surface area contributed by atoms with Gasteiger partial charge in [-0.1, -0.05) is 0 Å². The molecule has 0 saturated carbocycles. The van der Waals surface area contributed by atoms with E-state index < -0.39 is 0 Å². The van der Waals surface area contributed by atoms with Gasteiger partial charge in [0.2, 0.25) is 0 Å². The number of anilines is 1. The van der Waals surface area contributed by atoms with Gasteiger partial charge in [-0.05, 0) is 50.5 Å². The summed E-state index contributed by atoms with van der Waals surface area (Å²) >= 11 is 0. The Morgan fingerprint density at radius 1 is 0.974 bits per heavy atom. The van der Waals surface area contributed by atoms with Gasteiger partial charge in [0.15, 0.2) is 11.5 Å². The van der Waals surface area contributed by atoms with E-state index >= 15 is 0 Å². The SMILES string of the molecule is CN(C)CCNc1cc(F)cc(-c2nccc3[nH]c(-c4n[nH]c5ncc(-c6cncc(O)c6)cc45)nc23)c1. The smallest absolute Gasteiger partial charge is 0.159 e. The summed E-state index contributed by atoms with van der Waals surface area (Å²) in [7, 11) is 3.98. The first-order valence-electron chi connectivity index (χ1n) is 12.0. The number of imidazole rings is 1. The molecule has 38 heavy (non-hydrogen) atoms. The largest absolute Gasteiger partial charge is 0.506 e. The van der Waals surface area contributed by atoms with E-state index in [1.807, 2.05) is 32.3 Å². The van der Waals surface area contributed by atoms with Crippen molar-refractivity contribution in [3.05, 3.63) is 67.0 Å². The summed E-state index contributed by atoms with van der Waals surface area (Å²) in [6.07, 6.45) is 6.39. The van der Waals surface area contributed by atoms with Gasteiger partial charge in [-0.15, -0.1) is 0 Å². The molecule has 5 heterocycles. The lowest BCUT2D eigenvalue weighted by Crippen LogP contribution is -2.20. The number of aromatic hydroxyl groups is 1. The Morgan fingerprint density at radius 2 is 1.84 bits per heavy atom. The van der Waals surface area contributed by atoms with Crippen LogP contribution in [0.3, 0.4) is 0 Å². The van der Waals surface area contributed by atoms with E-state index in [1.54, 1.807) is 24.7 Å². The number of aromatic amines is 2. The zero-order chi connectivity index (χ0) is 26.2. The maximum Gasteiger partial charge on any atom is 0.159 e. The number of pyridine rings is 3. The number of benzene rings is 1. The highest BCUT2D eigenvalue weighted by atomic mass is 19.1. The molecule has 10 nitrogen and oxygen atoms in total. The number of aromatic nitrogens is 7. The third-order valence-corrected chi connectivity index (χ3v) is 6.16. The van der Waals surface area contributed by atoms with E-state index in [2.05, 4.69) is 40.3 Å². The van der Waals surface area contributed by atoms with Gasteiger partial charge in [-0.2, -0.15) is 5.10 Å². The third-order valence-electron chi connectivity index (χ3n) is 6.16. The minimum atomic E-state index is -0.359. The van der Waals surface area contributed by atoms with Crippen LogP contribution in [0.15, 0.2) is 61.2 Å². The van der Waals surface area contributed by atoms with Crippen molar-refractivity contribution >= 4 is 27.8 Å². The molecule has 0 saturated heterocycles. The Balaban J connectivity index is 1.40. The molecule has 0 aliphatic rings. The topological polar surface area (TPSA) is 132 Å². The average Bonchev–Trinajstić information content (AvgIpc) is 3.51. The average molecular weight is 510 g/mol. The maximum absolute atomic E-state index is 14.6. The molecule has 0 fully saturated rings. The number of hydrogen-bond donors (Lipinski definition) is 4. The van der Waals surface area contributed by atoms with Crippen LogP contribution in [0, 0.1) is 5.82 Å². The molecule has 6 rings (SSSR count). The van der Waals surface area contributed by atoms with Gasteiger partial charge in [-0.25, -0.2) is 14.4 Å². The van der Waals surface area contributed by atoms with Crippen LogP contribution in [0.2, 0.25) is 0 Å². The Morgan fingerprint density at radius 3 is 2.68 bits per heavy atom. The van der Waals surface area contributed by atoms with Crippen LogP contribution >= 0.6 is 0 Å². The fraction of sp³-hybridized carbons (Fsp3) is 0.148. The van der Waals surface area contributed by atoms with Gasteiger partial charge < -0.3 is 20.3 Å². The van der Waals surface area contributed by atoms with Crippen molar-refractivity contribution in [1.82, 2.24) is 40.0 Å². The number of likely N-dealkylation sites (N-methyl/N-ethyl adjacent to an activating group) is 1. The molecule has 4 N–H and O–H groups in total. The molecule has 0 aliphatic heterocycles. The first kappa shape index (κ1) is 23.5. The highest BCUT2D eigenvalue weighted by molar-refractivity contribution is 5.96. The maximum atomic E-state index is 14.6. The van der Waals surface area contributed by atoms with Crippen molar-refractivity contribution in [1.29, 1.82) is 0 Å². The molecule has 0 bridgehead atoms. The highest BCUT2D eigenvalue weighted by Crippen LogP contribution is 2.33. The van der Waals surface area contributed by atoms with Crippen molar-refractivity contribution in [2.75, 3.05) is 32.5 Å². The third kappa shape index (κ3) is 4.50. The normalized spacial score (nSPS) is 11.6. The van der Waals surface area contributed by atoms with Crippen molar-refractivity contribution in [2.24, 2.45) is 0 Å². The number of fused-ring (bicyclic) bond motifs is 2. The molecule has 1 aromatic carbocycles. The molecular weight excluding hydrogens is 485 g/mol. The van der Waals surface area contributed by atoms with Gasteiger partial charge >= 0.3 is 0 Å². The lowest BCUT2D eigenvalue weighted by molar-refractivity contribution is 0.425. The first-order valence-corrected chi connectivity index (χ1v) is 12.0. The molecule has 0 amide bonds. The van der Waals surface area contributed by atoms with E-state index in [0.29, 0.717) is 46.2 Å². The molecule has 190 valence electrons. The molecule has 0 spiro atoms. The number of halogens is 1. The summed E-state index contributed by atoms with van der Waals surface area (Å²) in [5.74, 6) is 0.234. The van der Waals surface area contributed by atoms with Crippen molar-refractivity contribution in [3.63, 3.8) is 0 Å². The quantitative estimate of drug-likeness (QED) is 0.248. The second-order valence-electron chi connectivity index (χ2n) is 9.22. The zero-order valence-electron chi connectivity index (χ0n) is 20.7. The molecule has 0 radical (unpaired) electrons. The Bertz CT molecular complexity index is 1780. The van der Waals surface area contributed by atoms with Crippen molar-refractivity contribution in [2.45, 2.75) is 0 Å². The number of hydrogen-bond acceptors (Lipinski definition) is 8. The Kier molecular flexibility index (Phi) is 5.89. The lowest BCUT2D eigenvalue weighted by atomic mass is 10.1. The minimum absolute atomic E-state index is 0.0701. The van der Waals surface area contributed by atoms with Gasteiger partial charge in [0.05, 0.1) is 22.8 Å². The fourth-order valence-corrected chi connectivity index (χ4v) is 4.34. The molecular formula is C27H24FN9O. The van der Waals surface area contributed by atoms with E-state index in [9.17, 15) is 9.50 Å². The zero-order valence-corrected chi connectivity index (χ0v) is 20.7. The number of H-pyrrole nitrogens is 2. The van der Waals surface area contributed by atoms with Crippen LogP contribution < -0.4 is 5.32 Å². The van der Waals surface area contributed by atoms with E-state index in [4.69, 9.17) is 4.98 Å². The molecule has 0 unspecified atom stereocenters. The van der Waals surface area contributed by atoms with Crippen LogP contribution in [-0.4, -0.2) is 72.3 Å². The van der Waals surface area contributed by atoms with Crippen LogP contribution in [0.4, 0.5) is 10.1 Å². The second kappa shape index (κ2) is 9.52. The standard InChI is InChI=1S/C27H24FN9O/c1-37(2)6-5-30-19-8-15(7-18(28)11-19)23-25-22(3-4-31-23)33-27(34-25)24-21-10-17(13-32-26(21)36-35-24)16-9-20(38)14-29-12-16/h3-4,7-14,30,38H,5-6H2,1-2H3,(H,33,34)(H,32,35,36).